The normalized spacial score (nSPS) is 15.7. The lowest BCUT2D eigenvalue weighted by Gasteiger charge is -2.27. The number of benzene rings is 4. The second kappa shape index (κ2) is 19.3. The van der Waals surface area contributed by atoms with Crippen molar-refractivity contribution >= 4 is 93.9 Å². The number of amides is 1. The Balaban J connectivity index is 0.000000182. The molecule has 4 aromatic carbocycles. The van der Waals surface area contributed by atoms with Crippen LogP contribution in [-0.4, -0.2) is 62.7 Å². The third kappa shape index (κ3) is 9.93. The number of halogens is 3. The van der Waals surface area contributed by atoms with Crippen molar-refractivity contribution < 1.29 is 39.2 Å². The van der Waals surface area contributed by atoms with E-state index in [4.69, 9.17) is 14.6 Å². The van der Waals surface area contributed by atoms with Gasteiger partial charge in [-0.2, -0.15) is 8.75 Å². The van der Waals surface area contributed by atoms with Crippen molar-refractivity contribution in [2.45, 2.75) is 80.4 Å². The molecule has 4 aromatic heterocycles. The van der Waals surface area contributed by atoms with Gasteiger partial charge in [0, 0.05) is 66.3 Å². The molecule has 2 aliphatic rings. The van der Waals surface area contributed by atoms with E-state index in [1.165, 1.54) is 34.3 Å². The van der Waals surface area contributed by atoms with Crippen molar-refractivity contribution in [3.05, 3.63) is 139 Å². The van der Waals surface area contributed by atoms with Gasteiger partial charge in [0.15, 0.2) is 11.2 Å². The molecular formula is C42H39ClF2N10O9S4. The Bertz CT molecular complexity index is 3550. The van der Waals surface area contributed by atoms with Crippen LogP contribution in [0.15, 0.2) is 102 Å². The van der Waals surface area contributed by atoms with Gasteiger partial charge in [0.05, 0.1) is 24.1 Å². The molecule has 356 valence electrons. The second-order valence-corrected chi connectivity index (χ2v) is 20.7. The Morgan fingerprint density at radius 3 is 1.68 bits per heavy atom. The summed E-state index contributed by atoms with van der Waals surface area (Å²) < 4.78 is 105. The average molecular weight is 1030 g/mol. The zero-order valence-corrected chi connectivity index (χ0v) is 39.6. The van der Waals surface area contributed by atoms with Crippen LogP contribution < -0.4 is 32.0 Å². The summed E-state index contributed by atoms with van der Waals surface area (Å²) in [5.74, 6) is -3.59. The molecule has 0 spiro atoms. The van der Waals surface area contributed by atoms with Crippen LogP contribution in [0.4, 0.5) is 19.0 Å². The molecule has 68 heavy (non-hydrogen) atoms. The molecule has 0 fully saturated rings. The van der Waals surface area contributed by atoms with E-state index in [0.717, 1.165) is 101 Å². The molecule has 5 N–H and O–H groups in total. The largest absolute Gasteiger partial charge is 0.420 e. The van der Waals surface area contributed by atoms with Crippen LogP contribution in [0.1, 0.15) is 53.1 Å². The van der Waals surface area contributed by atoms with E-state index < -0.39 is 53.0 Å². The quantitative estimate of drug-likeness (QED) is 0.131. The molecule has 0 radical (unpaired) electrons. The maximum absolute atomic E-state index is 15.0. The summed E-state index contributed by atoms with van der Waals surface area (Å²) in [6.45, 7) is 1.75. The number of nitrogens with one attached hydrogen (secondary N) is 3. The van der Waals surface area contributed by atoms with E-state index in [0.29, 0.717) is 12.8 Å². The van der Waals surface area contributed by atoms with E-state index in [9.17, 15) is 40.0 Å². The summed E-state index contributed by atoms with van der Waals surface area (Å²) in [6, 6.07) is 15.7. The molecule has 4 heterocycles. The van der Waals surface area contributed by atoms with Crippen LogP contribution in [0.2, 0.25) is 0 Å². The van der Waals surface area contributed by atoms with E-state index >= 15 is 0 Å². The van der Waals surface area contributed by atoms with Crippen LogP contribution in [0.3, 0.4) is 0 Å². The molecule has 0 saturated heterocycles. The number of nitrogens with zero attached hydrogens (tertiary/aromatic N) is 6. The average Bonchev–Trinajstić information content (AvgIpc) is 4.10. The zero-order valence-electron chi connectivity index (χ0n) is 35.5. The number of carbonyl (C=O) groups is 1. The lowest BCUT2D eigenvalue weighted by molar-refractivity contribution is -0.119. The molecule has 0 aliphatic heterocycles. The number of aryl methyl sites for hydroxylation is 2. The first-order valence-corrected chi connectivity index (χ1v) is 25.0. The smallest absolute Gasteiger partial charge is 0.408 e. The van der Waals surface area contributed by atoms with Gasteiger partial charge < -0.3 is 19.9 Å². The van der Waals surface area contributed by atoms with Gasteiger partial charge >= 0.3 is 11.5 Å². The van der Waals surface area contributed by atoms with Crippen molar-refractivity contribution in [1.82, 2.24) is 33.2 Å². The molecule has 2 aliphatic carbocycles. The number of oxazole rings is 2. The number of fused-ring (bicyclic) bond motifs is 4. The minimum absolute atomic E-state index is 0. The molecule has 19 nitrogen and oxygen atoms in total. The van der Waals surface area contributed by atoms with Crippen molar-refractivity contribution in [3.63, 3.8) is 0 Å². The number of hydrogen-bond donors (Lipinski definition) is 4. The zero-order chi connectivity index (χ0) is 47.2. The summed E-state index contributed by atoms with van der Waals surface area (Å²) >= 11 is 1.61. The summed E-state index contributed by atoms with van der Waals surface area (Å²) in [5, 5.41) is 2.92. The Kier molecular flexibility index (Phi) is 13.7. The molecule has 0 bridgehead atoms. The van der Waals surface area contributed by atoms with Crippen molar-refractivity contribution in [3.8, 4) is 0 Å². The number of anilines is 2. The highest BCUT2D eigenvalue weighted by molar-refractivity contribution is 7.93. The highest BCUT2D eigenvalue weighted by Gasteiger charge is 2.28. The molecule has 8 aromatic rings. The fraction of sp³-hybridized carbons (Fsp3) is 0.262. The molecule has 2 unspecified atom stereocenters. The Labute approximate surface area is 399 Å². The number of hydrogen-bond acceptors (Lipinski definition) is 16. The Morgan fingerprint density at radius 1 is 0.750 bits per heavy atom. The van der Waals surface area contributed by atoms with Crippen LogP contribution in [-0.2, 0) is 63.6 Å². The Hall–Kier alpha value is -6.38. The third-order valence-electron chi connectivity index (χ3n) is 11.5. The summed E-state index contributed by atoms with van der Waals surface area (Å²) in [7, 11) is -8.61. The SMILES string of the molecule is CC(=O)NC1CCc2cccc(Cn3c(=O)oc4cc(S(=O)(=O)Nc5ncns5)c(F)cc43)c2C1.Cl.NC1CCc2cccc(Cn3c(=O)oc4cc(S(=O)(=O)Nc5ncns5)c(F)cc43)c2C1. The number of sulfonamides is 2. The summed E-state index contributed by atoms with van der Waals surface area (Å²) in [5.41, 5.74) is 12.5. The monoisotopic (exact) mass is 1030 g/mol. The standard InChI is InChI=1S/C22H20FN5O5S2.C20H18FN5O4S2.ClH/c1-12(29)26-15-6-5-13-3-2-4-14(16(13)7-15)10-28-18-8-17(23)20(9-19(18)33-22(28)30)35(31,32)27-21-24-11-25-34-21;21-15-7-16-17(8-18(15)32(28,29)25-19-23-10-24-31-19)30-20(27)26(16)9-12-3-1-2-11-4-5-13(22)6-14(11)12;/h2-4,8-9,11,15H,5-7,10H2,1H3,(H,26,29)(H,24,25,27);1-3,7-8,10,13H,4-6,9,22H2,(H,23,24,25);1H. The highest BCUT2D eigenvalue weighted by Crippen LogP contribution is 2.30. The Morgan fingerprint density at radius 2 is 1.22 bits per heavy atom. The first kappa shape index (κ1) is 48.1. The fourth-order valence-corrected chi connectivity index (χ4v) is 11.9. The maximum atomic E-state index is 15.0. The minimum Gasteiger partial charge on any atom is -0.408 e. The molecule has 0 saturated carbocycles. The van der Waals surface area contributed by atoms with Crippen LogP contribution in [0.25, 0.3) is 22.2 Å². The van der Waals surface area contributed by atoms with Gasteiger partial charge in [-0.05, 0) is 71.9 Å². The van der Waals surface area contributed by atoms with Gasteiger partial charge in [0.2, 0.25) is 16.2 Å². The van der Waals surface area contributed by atoms with E-state index in [1.807, 2.05) is 36.4 Å². The minimum atomic E-state index is -4.32. The van der Waals surface area contributed by atoms with Crippen LogP contribution in [0, 0.1) is 11.6 Å². The van der Waals surface area contributed by atoms with Crippen molar-refractivity contribution in [2.24, 2.45) is 5.73 Å². The van der Waals surface area contributed by atoms with Gasteiger partial charge in [0.25, 0.3) is 20.0 Å². The first-order valence-electron chi connectivity index (χ1n) is 20.5. The van der Waals surface area contributed by atoms with Gasteiger partial charge in [-0.15, -0.1) is 12.4 Å². The lowest BCUT2D eigenvalue weighted by atomic mass is 9.85. The van der Waals surface area contributed by atoms with Gasteiger partial charge in [-0.1, -0.05) is 36.4 Å². The highest BCUT2D eigenvalue weighted by atomic mass is 35.5. The van der Waals surface area contributed by atoms with Gasteiger partial charge in [-0.3, -0.25) is 23.4 Å². The third-order valence-corrected chi connectivity index (χ3v) is 15.6. The first-order chi connectivity index (χ1) is 32.0. The molecule has 2 atom stereocenters. The van der Waals surface area contributed by atoms with E-state index in [2.05, 4.69) is 33.5 Å². The predicted octanol–water partition coefficient (Wildman–Crippen LogP) is 5.10. The maximum Gasteiger partial charge on any atom is 0.420 e. The molecular weight excluding hydrogens is 990 g/mol. The topological polar surface area (TPSA) is 269 Å². The molecule has 1 amide bonds. The van der Waals surface area contributed by atoms with Gasteiger partial charge in [-0.25, -0.2) is 45.2 Å². The second-order valence-electron chi connectivity index (χ2n) is 15.9. The van der Waals surface area contributed by atoms with Crippen LogP contribution >= 0.6 is 35.5 Å². The van der Waals surface area contributed by atoms with Crippen LogP contribution in [0.5, 0.6) is 0 Å². The predicted molar refractivity (Wildman–Crippen MR) is 250 cm³/mol. The fourth-order valence-electron chi connectivity index (χ4n) is 8.42. The van der Waals surface area contributed by atoms with Gasteiger partial charge in [0.1, 0.15) is 34.1 Å². The number of aromatic nitrogens is 6. The van der Waals surface area contributed by atoms with E-state index in [1.54, 1.807) is 0 Å². The lowest BCUT2D eigenvalue weighted by Crippen LogP contribution is -2.38. The van der Waals surface area contributed by atoms with Crippen molar-refractivity contribution in [1.29, 1.82) is 0 Å². The number of carbonyl (C=O) groups excluding carboxylic acids is 1. The van der Waals surface area contributed by atoms with Crippen molar-refractivity contribution in [2.75, 3.05) is 9.44 Å². The van der Waals surface area contributed by atoms with E-state index in [-0.39, 0.29) is 75.9 Å². The number of rotatable bonds is 11. The summed E-state index contributed by atoms with van der Waals surface area (Å²) in [6.07, 6.45) is 7.03. The number of nitrogens with two attached hydrogens (primary N) is 1. The molecule has 10 rings (SSSR count). The molecule has 26 heteroatoms. The summed E-state index contributed by atoms with van der Waals surface area (Å²) in [4.78, 5) is 42.9.